The Hall–Kier alpha value is -0.190. The first-order valence-electron chi connectivity index (χ1n) is 5.73. The smallest absolute Gasteiger partial charge is 0.0727 e. The Morgan fingerprint density at radius 3 is 2.80 bits per heavy atom. The predicted octanol–water partition coefficient (Wildman–Crippen LogP) is 1.41. The molecule has 1 saturated carbocycles. The predicted molar refractivity (Wildman–Crippen MR) is 67.1 cm³/mol. The minimum Gasteiger partial charge on any atom is -0.393 e. The van der Waals surface area contributed by atoms with Crippen LogP contribution in [0.5, 0.6) is 0 Å². The van der Waals surface area contributed by atoms with Crippen LogP contribution in [0, 0.1) is 5.92 Å². The van der Waals surface area contributed by atoms with Gasteiger partial charge in [-0.1, -0.05) is 12.2 Å². The van der Waals surface area contributed by atoms with Crippen LogP contribution in [0.2, 0.25) is 0 Å². The van der Waals surface area contributed by atoms with Gasteiger partial charge in [-0.2, -0.15) is 0 Å². The van der Waals surface area contributed by atoms with Crippen LogP contribution >= 0.6 is 12.2 Å². The van der Waals surface area contributed by atoms with Crippen LogP contribution in [-0.4, -0.2) is 43.2 Å². The summed E-state index contributed by atoms with van der Waals surface area (Å²) >= 11 is 4.82. The molecule has 1 rings (SSSR count). The van der Waals surface area contributed by atoms with Crippen LogP contribution < -0.4 is 5.73 Å². The molecular formula is C11H22N2OS. The molecule has 0 unspecified atom stereocenters. The molecule has 0 aromatic rings. The molecule has 0 heterocycles. The highest BCUT2D eigenvalue weighted by molar-refractivity contribution is 7.80. The first kappa shape index (κ1) is 12.9. The van der Waals surface area contributed by atoms with Crippen LogP contribution in [0.4, 0.5) is 0 Å². The Labute approximate surface area is 98.0 Å². The van der Waals surface area contributed by atoms with Crippen molar-refractivity contribution in [3.63, 3.8) is 0 Å². The van der Waals surface area contributed by atoms with E-state index in [9.17, 15) is 0 Å². The third-order valence-corrected chi connectivity index (χ3v) is 2.83. The van der Waals surface area contributed by atoms with Gasteiger partial charge in [0.15, 0.2) is 0 Å². The van der Waals surface area contributed by atoms with Crippen molar-refractivity contribution in [3.8, 4) is 0 Å². The molecule has 1 aliphatic rings. The molecule has 1 aliphatic carbocycles. The lowest BCUT2D eigenvalue weighted by molar-refractivity contribution is 0.103. The lowest BCUT2D eigenvalue weighted by Crippen LogP contribution is -2.25. The molecule has 1 fully saturated rings. The Morgan fingerprint density at radius 2 is 2.20 bits per heavy atom. The molecule has 0 radical (unpaired) electrons. The van der Waals surface area contributed by atoms with Gasteiger partial charge in [-0.3, -0.25) is 0 Å². The fraction of sp³-hybridized carbons (Fsp3) is 0.909. The topological polar surface area (TPSA) is 38.5 Å². The van der Waals surface area contributed by atoms with Gasteiger partial charge in [-0.15, -0.1) is 0 Å². The van der Waals surface area contributed by atoms with Gasteiger partial charge in [0.25, 0.3) is 0 Å². The summed E-state index contributed by atoms with van der Waals surface area (Å²) in [5.74, 6) is 0.866. The number of hydrogen-bond donors (Lipinski definition) is 1. The standard InChI is InChI=1S/C11H22N2OS/c1-13(6-2-3-11(12)15)7-8-14-9-10-4-5-10/h10H,2-9H2,1H3,(H2,12,15). The van der Waals surface area contributed by atoms with E-state index in [0.29, 0.717) is 4.99 Å². The summed E-state index contributed by atoms with van der Waals surface area (Å²) in [5, 5.41) is 0. The quantitative estimate of drug-likeness (QED) is 0.480. The molecule has 0 aromatic heterocycles. The van der Waals surface area contributed by atoms with Crippen LogP contribution in [0.25, 0.3) is 0 Å². The Morgan fingerprint density at radius 1 is 1.47 bits per heavy atom. The number of rotatable bonds is 9. The fourth-order valence-corrected chi connectivity index (χ4v) is 1.53. The Bertz CT molecular complexity index is 195. The molecule has 0 amide bonds. The Kier molecular flexibility index (Phi) is 6.13. The largest absolute Gasteiger partial charge is 0.393 e. The summed E-state index contributed by atoms with van der Waals surface area (Å²) in [6.45, 7) is 3.86. The lowest BCUT2D eigenvalue weighted by atomic mass is 10.3. The number of nitrogens with two attached hydrogens (primary N) is 1. The zero-order valence-electron chi connectivity index (χ0n) is 9.58. The molecule has 4 heteroatoms. The summed E-state index contributed by atoms with van der Waals surface area (Å²) < 4.78 is 5.56. The summed E-state index contributed by atoms with van der Waals surface area (Å²) in [5.41, 5.74) is 5.43. The van der Waals surface area contributed by atoms with Crippen molar-refractivity contribution < 1.29 is 4.74 Å². The zero-order chi connectivity index (χ0) is 11.1. The van der Waals surface area contributed by atoms with Crippen LogP contribution in [-0.2, 0) is 4.74 Å². The maximum Gasteiger partial charge on any atom is 0.0727 e. The molecule has 0 atom stereocenters. The van der Waals surface area contributed by atoms with Crippen molar-refractivity contribution in [1.82, 2.24) is 4.90 Å². The molecule has 0 aliphatic heterocycles. The highest BCUT2D eigenvalue weighted by Gasteiger charge is 2.20. The van der Waals surface area contributed by atoms with Gasteiger partial charge in [0.1, 0.15) is 0 Å². The van der Waals surface area contributed by atoms with E-state index >= 15 is 0 Å². The minimum absolute atomic E-state index is 0.619. The normalized spacial score (nSPS) is 15.9. The van der Waals surface area contributed by atoms with Gasteiger partial charge in [-0.05, 0) is 45.2 Å². The van der Waals surface area contributed by atoms with Crippen molar-refractivity contribution in [3.05, 3.63) is 0 Å². The summed E-state index contributed by atoms with van der Waals surface area (Å²) in [7, 11) is 2.11. The Balaban J connectivity index is 1.83. The van der Waals surface area contributed by atoms with Gasteiger partial charge >= 0.3 is 0 Å². The summed E-state index contributed by atoms with van der Waals surface area (Å²) in [6.07, 6.45) is 4.63. The van der Waals surface area contributed by atoms with Crippen molar-refractivity contribution in [1.29, 1.82) is 0 Å². The molecule has 88 valence electrons. The highest BCUT2D eigenvalue weighted by Crippen LogP contribution is 2.28. The molecule has 15 heavy (non-hydrogen) atoms. The first-order valence-corrected chi connectivity index (χ1v) is 6.14. The number of hydrogen-bond acceptors (Lipinski definition) is 3. The summed E-state index contributed by atoms with van der Waals surface area (Å²) in [6, 6.07) is 0. The molecular weight excluding hydrogens is 208 g/mol. The molecule has 0 bridgehead atoms. The monoisotopic (exact) mass is 230 g/mol. The second-order valence-electron chi connectivity index (χ2n) is 4.39. The third kappa shape index (κ3) is 7.71. The van der Waals surface area contributed by atoms with Crippen molar-refractivity contribution in [2.75, 3.05) is 33.4 Å². The molecule has 0 saturated heterocycles. The second-order valence-corrected chi connectivity index (χ2v) is 4.92. The average molecular weight is 230 g/mol. The fourth-order valence-electron chi connectivity index (χ4n) is 1.39. The minimum atomic E-state index is 0.619. The van der Waals surface area contributed by atoms with Gasteiger partial charge in [0.2, 0.25) is 0 Å². The molecule has 0 aromatic carbocycles. The maximum atomic E-state index is 5.56. The van der Waals surface area contributed by atoms with Crippen LogP contribution in [0.15, 0.2) is 0 Å². The average Bonchev–Trinajstić information content (AvgIpc) is 2.95. The molecule has 2 N–H and O–H groups in total. The second kappa shape index (κ2) is 7.14. The van der Waals surface area contributed by atoms with E-state index in [0.717, 1.165) is 45.1 Å². The van der Waals surface area contributed by atoms with E-state index < -0.39 is 0 Å². The van der Waals surface area contributed by atoms with Crippen LogP contribution in [0.3, 0.4) is 0 Å². The van der Waals surface area contributed by atoms with Gasteiger partial charge in [-0.25, -0.2) is 0 Å². The van der Waals surface area contributed by atoms with E-state index in [1.165, 1.54) is 12.8 Å². The number of nitrogens with zero attached hydrogens (tertiary/aromatic N) is 1. The maximum absolute atomic E-state index is 5.56. The van der Waals surface area contributed by atoms with Crippen LogP contribution in [0.1, 0.15) is 25.7 Å². The SMILES string of the molecule is CN(CCCC(N)=S)CCOCC1CC1. The first-order chi connectivity index (χ1) is 7.18. The zero-order valence-corrected chi connectivity index (χ0v) is 10.4. The molecule has 3 nitrogen and oxygen atoms in total. The van der Waals surface area contributed by atoms with Crippen molar-refractivity contribution in [2.24, 2.45) is 11.7 Å². The van der Waals surface area contributed by atoms with Crippen molar-refractivity contribution >= 4 is 17.2 Å². The van der Waals surface area contributed by atoms with E-state index in [-0.39, 0.29) is 0 Å². The van der Waals surface area contributed by atoms with Gasteiger partial charge in [0.05, 0.1) is 11.6 Å². The van der Waals surface area contributed by atoms with E-state index in [4.69, 9.17) is 22.7 Å². The van der Waals surface area contributed by atoms with E-state index in [2.05, 4.69) is 11.9 Å². The highest BCUT2D eigenvalue weighted by atomic mass is 32.1. The molecule has 0 spiro atoms. The lowest BCUT2D eigenvalue weighted by Gasteiger charge is -2.16. The van der Waals surface area contributed by atoms with Gasteiger partial charge < -0.3 is 15.4 Å². The van der Waals surface area contributed by atoms with E-state index in [1.54, 1.807) is 0 Å². The summed E-state index contributed by atoms with van der Waals surface area (Å²) in [4.78, 5) is 2.89. The number of ether oxygens (including phenoxy) is 1. The van der Waals surface area contributed by atoms with E-state index in [1.807, 2.05) is 0 Å². The van der Waals surface area contributed by atoms with Crippen molar-refractivity contribution in [2.45, 2.75) is 25.7 Å². The number of thiocarbonyl (C=S) groups is 1. The number of likely N-dealkylation sites (N-methyl/N-ethyl adjacent to an activating group) is 1. The van der Waals surface area contributed by atoms with Gasteiger partial charge in [0, 0.05) is 13.2 Å². The third-order valence-electron chi connectivity index (χ3n) is 2.63.